The molecule has 0 heterocycles. The summed E-state index contributed by atoms with van der Waals surface area (Å²) in [5.41, 5.74) is 2.59. The summed E-state index contributed by atoms with van der Waals surface area (Å²) in [6.07, 6.45) is 15.6. The molecule has 0 saturated heterocycles. The second-order valence-electron chi connectivity index (χ2n) is 7.86. The number of hydrogen-bond acceptors (Lipinski definition) is 1. The zero-order valence-corrected chi connectivity index (χ0v) is 13.1. The Labute approximate surface area is 127 Å². The molecule has 0 aromatic heterocycles. The summed E-state index contributed by atoms with van der Waals surface area (Å²) >= 11 is 0. The average molecular weight is 280 g/mol. The van der Waals surface area contributed by atoms with Crippen LogP contribution in [0.15, 0.2) is 48.1 Å². The maximum atomic E-state index is 12.3. The van der Waals surface area contributed by atoms with E-state index in [0.29, 0.717) is 23.5 Å². The highest BCUT2D eigenvalue weighted by molar-refractivity contribution is 5.87. The third-order valence-corrected chi connectivity index (χ3v) is 6.92. The lowest BCUT2D eigenvalue weighted by Gasteiger charge is -2.53. The van der Waals surface area contributed by atoms with Crippen molar-refractivity contribution in [2.45, 2.75) is 39.5 Å². The van der Waals surface area contributed by atoms with Gasteiger partial charge in [0.1, 0.15) is 5.78 Å². The van der Waals surface area contributed by atoms with E-state index in [-0.39, 0.29) is 10.8 Å². The van der Waals surface area contributed by atoms with Gasteiger partial charge in [-0.05, 0) is 48.2 Å². The van der Waals surface area contributed by atoms with E-state index in [1.165, 1.54) is 12.0 Å². The largest absolute Gasteiger partial charge is 0.299 e. The zero-order valence-electron chi connectivity index (χ0n) is 13.1. The maximum absolute atomic E-state index is 12.3. The van der Waals surface area contributed by atoms with E-state index >= 15 is 0 Å². The summed E-state index contributed by atoms with van der Waals surface area (Å²) in [6.45, 7) is 8.68. The quantitative estimate of drug-likeness (QED) is 0.632. The second-order valence-corrected chi connectivity index (χ2v) is 7.86. The third-order valence-electron chi connectivity index (χ3n) is 6.92. The first-order valence-electron chi connectivity index (χ1n) is 8.27. The summed E-state index contributed by atoms with van der Waals surface area (Å²) in [6, 6.07) is 0. The Kier molecular flexibility index (Phi) is 2.59. The van der Waals surface area contributed by atoms with Gasteiger partial charge in [-0.2, -0.15) is 0 Å². The molecule has 0 N–H and O–H groups in total. The average Bonchev–Trinajstić information content (AvgIpc) is 2.76. The molecule has 21 heavy (non-hydrogen) atoms. The Morgan fingerprint density at radius 1 is 1.19 bits per heavy atom. The van der Waals surface area contributed by atoms with Gasteiger partial charge in [-0.1, -0.05) is 50.8 Å². The highest BCUT2D eigenvalue weighted by atomic mass is 16.1. The van der Waals surface area contributed by atoms with Crippen LogP contribution < -0.4 is 0 Å². The molecule has 4 aliphatic rings. The monoisotopic (exact) mass is 280 g/mol. The van der Waals surface area contributed by atoms with Crippen LogP contribution in [0, 0.1) is 28.6 Å². The van der Waals surface area contributed by atoms with Gasteiger partial charge in [0, 0.05) is 17.3 Å². The molecule has 4 rings (SSSR count). The lowest BCUT2D eigenvalue weighted by Crippen LogP contribution is -2.47. The van der Waals surface area contributed by atoms with E-state index < -0.39 is 0 Å². The molecule has 110 valence electrons. The van der Waals surface area contributed by atoms with E-state index in [9.17, 15) is 4.79 Å². The van der Waals surface area contributed by atoms with Gasteiger partial charge in [0.15, 0.2) is 0 Å². The van der Waals surface area contributed by atoms with Crippen LogP contribution in [-0.4, -0.2) is 5.78 Å². The van der Waals surface area contributed by atoms with Crippen molar-refractivity contribution in [3.8, 4) is 0 Å². The predicted octanol–water partition coefficient (Wildman–Crippen LogP) is 4.63. The number of ketones is 1. The zero-order chi connectivity index (χ0) is 14.8. The van der Waals surface area contributed by atoms with Gasteiger partial charge in [-0.15, -0.1) is 0 Å². The first kappa shape index (κ1) is 13.3. The lowest BCUT2D eigenvalue weighted by atomic mass is 9.50. The molecule has 0 radical (unpaired) electrons. The number of Topliss-reactive ketones (excluding diaryl/α,β-unsaturated/α-hetero) is 1. The molecule has 0 aromatic carbocycles. The SMILES string of the molecule is C=C1C=C[C@@]2(C)C(=C1)C=C[C@@H]1[C@H]2CC[C@]2(C)C(=O)CC[C@@H]12. The van der Waals surface area contributed by atoms with Crippen molar-refractivity contribution in [1.82, 2.24) is 0 Å². The fraction of sp³-hybridized carbons (Fsp3) is 0.550. The smallest absolute Gasteiger partial charge is 0.139 e. The van der Waals surface area contributed by atoms with Crippen LogP contribution in [-0.2, 0) is 4.79 Å². The summed E-state index contributed by atoms with van der Waals surface area (Å²) in [4.78, 5) is 12.3. The molecular formula is C20H24O. The molecule has 2 saturated carbocycles. The van der Waals surface area contributed by atoms with Gasteiger partial charge in [0.2, 0.25) is 0 Å². The summed E-state index contributed by atoms with van der Waals surface area (Å²) in [7, 11) is 0. The van der Waals surface area contributed by atoms with E-state index in [0.717, 1.165) is 24.8 Å². The first-order valence-corrected chi connectivity index (χ1v) is 8.27. The minimum Gasteiger partial charge on any atom is -0.299 e. The number of hydrogen-bond donors (Lipinski definition) is 0. The fourth-order valence-corrected chi connectivity index (χ4v) is 5.50. The van der Waals surface area contributed by atoms with Crippen LogP contribution in [0.5, 0.6) is 0 Å². The predicted molar refractivity (Wildman–Crippen MR) is 85.7 cm³/mol. The van der Waals surface area contributed by atoms with Crippen LogP contribution in [0.1, 0.15) is 39.5 Å². The first-order chi connectivity index (χ1) is 9.95. The molecule has 0 unspecified atom stereocenters. The van der Waals surface area contributed by atoms with Crippen molar-refractivity contribution in [2.24, 2.45) is 28.6 Å². The van der Waals surface area contributed by atoms with Gasteiger partial charge < -0.3 is 0 Å². The molecule has 4 aliphatic carbocycles. The molecule has 5 atom stereocenters. The van der Waals surface area contributed by atoms with Gasteiger partial charge >= 0.3 is 0 Å². The van der Waals surface area contributed by atoms with Crippen molar-refractivity contribution in [3.63, 3.8) is 0 Å². The third kappa shape index (κ3) is 1.61. The minimum atomic E-state index is -0.0505. The van der Waals surface area contributed by atoms with Gasteiger partial charge in [0.25, 0.3) is 0 Å². The molecule has 0 bridgehead atoms. The molecule has 0 spiro atoms. The Bertz CT molecular complexity index is 620. The van der Waals surface area contributed by atoms with Crippen LogP contribution in [0.4, 0.5) is 0 Å². The van der Waals surface area contributed by atoms with Gasteiger partial charge in [-0.3, -0.25) is 4.79 Å². The standard InChI is InChI=1S/C20H24O/c1-13-8-10-19(2)14(12-13)4-5-15-16-6-7-18(21)20(16,3)11-9-17(15)19/h4-5,8,10,12,15-17H,1,6-7,9,11H2,2-3H3/t15-,16-,17+,19-,20-/m0/s1. The Morgan fingerprint density at radius 2 is 2.00 bits per heavy atom. The number of carbonyl (C=O) groups is 1. The highest BCUT2D eigenvalue weighted by Crippen LogP contribution is 2.61. The number of carbonyl (C=O) groups excluding carboxylic acids is 1. The summed E-state index contributed by atoms with van der Waals surface area (Å²) in [5.74, 6) is 2.27. The summed E-state index contributed by atoms with van der Waals surface area (Å²) < 4.78 is 0. The number of rotatable bonds is 0. The second kappa shape index (κ2) is 4.09. The van der Waals surface area contributed by atoms with Gasteiger partial charge in [-0.25, -0.2) is 0 Å². The Morgan fingerprint density at radius 3 is 2.81 bits per heavy atom. The number of fused-ring (bicyclic) bond motifs is 5. The number of allylic oxidation sites excluding steroid dienone is 7. The van der Waals surface area contributed by atoms with Crippen LogP contribution in [0.25, 0.3) is 0 Å². The molecule has 0 aliphatic heterocycles. The molecular weight excluding hydrogens is 256 g/mol. The maximum Gasteiger partial charge on any atom is 0.139 e. The topological polar surface area (TPSA) is 17.1 Å². The van der Waals surface area contributed by atoms with Crippen molar-refractivity contribution in [2.75, 3.05) is 0 Å². The molecule has 2 fully saturated rings. The fourth-order valence-electron chi connectivity index (χ4n) is 5.50. The molecule has 0 aromatic rings. The summed E-state index contributed by atoms with van der Waals surface area (Å²) in [5, 5.41) is 0. The minimum absolute atomic E-state index is 0.0505. The van der Waals surface area contributed by atoms with Crippen LogP contribution in [0.3, 0.4) is 0 Å². The van der Waals surface area contributed by atoms with Crippen molar-refractivity contribution < 1.29 is 4.79 Å². The Hall–Kier alpha value is -1.37. The molecule has 1 heteroatoms. The van der Waals surface area contributed by atoms with Crippen LogP contribution >= 0.6 is 0 Å². The van der Waals surface area contributed by atoms with E-state index in [1.54, 1.807) is 0 Å². The van der Waals surface area contributed by atoms with E-state index in [2.05, 4.69) is 50.8 Å². The highest BCUT2D eigenvalue weighted by Gasteiger charge is 2.57. The molecule has 0 amide bonds. The normalized spacial score (nSPS) is 47.7. The van der Waals surface area contributed by atoms with E-state index in [1.807, 2.05) is 0 Å². The van der Waals surface area contributed by atoms with Crippen LogP contribution in [0.2, 0.25) is 0 Å². The Balaban J connectivity index is 1.78. The van der Waals surface area contributed by atoms with Crippen molar-refractivity contribution >= 4 is 5.78 Å². The molecule has 1 nitrogen and oxygen atoms in total. The van der Waals surface area contributed by atoms with Crippen molar-refractivity contribution in [3.05, 3.63) is 48.1 Å². The van der Waals surface area contributed by atoms with Gasteiger partial charge in [0.05, 0.1) is 0 Å². The lowest BCUT2D eigenvalue weighted by molar-refractivity contribution is -0.130. The van der Waals surface area contributed by atoms with Crippen molar-refractivity contribution in [1.29, 1.82) is 0 Å². The van der Waals surface area contributed by atoms with E-state index in [4.69, 9.17) is 0 Å².